The van der Waals surface area contributed by atoms with Crippen molar-refractivity contribution in [2.24, 2.45) is 0 Å². The first-order chi connectivity index (χ1) is 9.60. The summed E-state index contributed by atoms with van der Waals surface area (Å²) in [5.41, 5.74) is 1.24. The van der Waals surface area contributed by atoms with Crippen LogP contribution < -0.4 is 10.6 Å². The Morgan fingerprint density at radius 2 is 1.60 bits per heavy atom. The van der Waals surface area contributed by atoms with E-state index in [0.29, 0.717) is 5.92 Å². The molecule has 2 rings (SSSR count). The van der Waals surface area contributed by atoms with E-state index in [0.717, 1.165) is 17.5 Å². The molecule has 0 fully saturated rings. The second-order valence-electron chi connectivity index (χ2n) is 5.18. The number of benzene rings is 1. The van der Waals surface area contributed by atoms with Crippen LogP contribution in [0, 0.1) is 0 Å². The summed E-state index contributed by atoms with van der Waals surface area (Å²) < 4.78 is 0. The zero-order valence-corrected chi connectivity index (χ0v) is 12.5. The van der Waals surface area contributed by atoms with Crippen LogP contribution in [-0.4, -0.2) is 17.0 Å². The van der Waals surface area contributed by atoms with Crippen LogP contribution in [0.3, 0.4) is 0 Å². The van der Waals surface area contributed by atoms with Crippen molar-refractivity contribution in [1.29, 1.82) is 0 Å². The number of nitrogens with one attached hydrogen (secondary N) is 2. The van der Waals surface area contributed by atoms with E-state index in [1.165, 1.54) is 5.56 Å². The van der Waals surface area contributed by atoms with Crippen molar-refractivity contribution in [2.45, 2.75) is 32.7 Å². The fourth-order valence-corrected chi connectivity index (χ4v) is 1.97. The van der Waals surface area contributed by atoms with Crippen molar-refractivity contribution >= 4 is 11.6 Å². The highest BCUT2D eigenvalue weighted by molar-refractivity contribution is 5.48. The molecule has 106 valence electrons. The summed E-state index contributed by atoms with van der Waals surface area (Å²) in [6.45, 7) is 6.32. The first-order valence-corrected chi connectivity index (χ1v) is 6.98. The second kappa shape index (κ2) is 6.37. The molecule has 0 saturated heterocycles. The van der Waals surface area contributed by atoms with Gasteiger partial charge in [-0.15, -0.1) is 0 Å². The second-order valence-corrected chi connectivity index (χ2v) is 5.18. The van der Waals surface area contributed by atoms with Gasteiger partial charge < -0.3 is 10.6 Å². The maximum atomic E-state index is 4.58. The molecular formula is C16H22N4. The molecule has 1 unspecified atom stereocenters. The van der Waals surface area contributed by atoms with Crippen molar-refractivity contribution in [3.05, 3.63) is 47.8 Å². The summed E-state index contributed by atoms with van der Waals surface area (Å²) in [4.78, 5) is 9.05. The highest BCUT2D eigenvalue weighted by atomic mass is 15.1. The molecule has 0 aliphatic heterocycles. The van der Waals surface area contributed by atoms with Gasteiger partial charge >= 0.3 is 0 Å². The van der Waals surface area contributed by atoms with Crippen LogP contribution in [0.2, 0.25) is 0 Å². The Bertz CT molecular complexity index is 552. The molecule has 20 heavy (non-hydrogen) atoms. The van der Waals surface area contributed by atoms with Gasteiger partial charge in [-0.25, -0.2) is 9.97 Å². The average molecular weight is 270 g/mol. The quantitative estimate of drug-likeness (QED) is 0.867. The molecule has 1 heterocycles. The Labute approximate surface area is 120 Å². The molecule has 0 aliphatic carbocycles. The van der Waals surface area contributed by atoms with Crippen molar-refractivity contribution in [3.8, 4) is 0 Å². The molecule has 1 aromatic heterocycles. The third-order valence-electron chi connectivity index (χ3n) is 3.18. The molecule has 4 heteroatoms. The zero-order valence-electron chi connectivity index (χ0n) is 12.5. The van der Waals surface area contributed by atoms with Gasteiger partial charge in [0, 0.05) is 25.1 Å². The molecule has 1 atom stereocenters. The van der Waals surface area contributed by atoms with Crippen LogP contribution in [-0.2, 0) is 0 Å². The standard InChI is InChI=1S/C16H22N4/c1-11(2)16-19-14(17-4)10-15(20-16)18-12(3)13-8-6-5-7-9-13/h5-12H,1-4H3,(H2,17,18,19,20). The van der Waals surface area contributed by atoms with E-state index < -0.39 is 0 Å². The third-order valence-corrected chi connectivity index (χ3v) is 3.18. The predicted molar refractivity (Wildman–Crippen MR) is 84.1 cm³/mol. The molecule has 0 saturated carbocycles. The fraction of sp³-hybridized carbons (Fsp3) is 0.375. The molecule has 0 aliphatic rings. The molecule has 4 nitrogen and oxygen atoms in total. The lowest BCUT2D eigenvalue weighted by Crippen LogP contribution is -2.11. The number of nitrogens with zero attached hydrogens (tertiary/aromatic N) is 2. The van der Waals surface area contributed by atoms with Gasteiger partial charge in [0.2, 0.25) is 0 Å². The van der Waals surface area contributed by atoms with E-state index in [-0.39, 0.29) is 6.04 Å². The number of anilines is 2. The third kappa shape index (κ3) is 3.47. The van der Waals surface area contributed by atoms with Gasteiger partial charge in [-0.05, 0) is 12.5 Å². The minimum Gasteiger partial charge on any atom is -0.373 e. The smallest absolute Gasteiger partial charge is 0.135 e. The SMILES string of the molecule is CNc1cc(NC(C)c2ccccc2)nc(C(C)C)n1. The first kappa shape index (κ1) is 14.3. The Hall–Kier alpha value is -2.10. The van der Waals surface area contributed by atoms with Crippen LogP contribution in [0.15, 0.2) is 36.4 Å². The summed E-state index contributed by atoms with van der Waals surface area (Å²) >= 11 is 0. The van der Waals surface area contributed by atoms with E-state index >= 15 is 0 Å². The summed E-state index contributed by atoms with van der Waals surface area (Å²) in [5, 5.41) is 6.52. The molecule has 2 N–H and O–H groups in total. The van der Waals surface area contributed by atoms with Crippen molar-refractivity contribution in [2.75, 3.05) is 17.7 Å². The Balaban J connectivity index is 2.22. The summed E-state index contributed by atoms with van der Waals surface area (Å²) in [5.74, 6) is 2.84. The van der Waals surface area contributed by atoms with Crippen molar-refractivity contribution in [3.63, 3.8) is 0 Å². The maximum absolute atomic E-state index is 4.58. The van der Waals surface area contributed by atoms with Crippen LogP contribution in [0.4, 0.5) is 11.6 Å². The molecule has 1 aromatic carbocycles. The maximum Gasteiger partial charge on any atom is 0.135 e. The lowest BCUT2D eigenvalue weighted by atomic mass is 10.1. The molecule has 0 amide bonds. The van der Waals surface area contributed by atoms with E-state index in [9.17, 15) is 0 Å². The molecule has 0 bridgehead atoms. The van der Waals surface area contributed by atoms with Gasteiger partial charge in [0.05, 0.1) is 0 Å². The van der Waals surface area contributed by atoms with Gasteiger partial charge in [0.25, 0.3) is 0 Å². The van der Waals surface area contributed by atoms with Crippen LogP contribution in [0.25, 0.3) is 0 Å². The lowest BCUT2D eigenvalue weighted by molar-refractivity contribution is 0.770. The number of aromatic nitrogens is 2. The van der Waals surface area contributed by atoms with E-state index in [2.05, 4.69) is 53.5 Å². The normalized spacial score (nSPS) is 12.2. The molecular weight excluding hydrogens is 248 g/mol. The summed E-state index contributed by atoms with van der Waals surface area (Å²) in [6, 6.07) is 12.5. The molecule has 0 spiro atoms. The fourth-order valence-electron chi connectivity index (χ4n) is 1.97. The largest absolute Gasteiger partial charge is 0.373 e. The van der Waals surface area contributed by atoms with Crippen molar-refractivity contribution < 1.29 is 0 Å². The predicted octanol–water partition coefficient (Wildman–Crippen LogP) is 3.81. The monoisotopic (exact) mass is 270 g/mol. The Kier molecular flexibility index (Phi) is 4.56. The van der Waals surface area contributed by atoms with E-state index in [1.54, 1.807) is 0 Å². The molecule has 0 radical (unpaired) electrons. The highest BCUT2D eigenvalue weighted by Gasteiger charge is 2.10. The molecule has 2 aromatic rings. The van der Waals surface area contributed by atoms with Crippen LogP contribution >= 0.6 is 0 Å². The number of hydrogen-bond donors (Lipinski definition) is 2. The number of rotatable bonds is 5. The van der Waals surface area contributed by atoms with Crippen molar-refractivity contribution in [1.82, 2.24) is 9.97 Å². The van der Waals surface area contributed by atoms with Gasteiger partial charge in [0.15, 0.2) is 0 Å². The number of hydrogen-bond acceptors (Lipinski definition) is 4. The minimum atomic E-state index is 0.204. The lowest BCUT2D eigenvalue weighted by Gasteiger charge is -2.17. The van der Waals surface area contributed by atoms with Crippen LogP contribution in [0.5, 0.6) is 0 Å². The van der Waals surface area contributed by atoms with Crippen LogP contribution in [0.1, 0.15) is 44.1 Å². The highest BCUT2D eigenvalue weighted by Crippen LogP contribution is 2.21. The Morgan fingerprint density at radius 3 is 2.20 bits per heavy atom. The average Bonchev–Trinajstić information content (AvgIpc) is 2.47. The van der Waals surface area contributed by atoms with Gasteiger partial charge in [-0.2, -0.15) is 0 Å². The van der Waals surface area contributed by atoms with E-state index in [1.807, 2.05) is 31.3 Å². The summed E-state index contributed by atoms with van der Waals surface area (Å²) in [7, 11) is 1.87. The first-order valence-electron chi connectivity index (χ1n) is 6.98. The van der Waals surface area contributed by atoms with Gasteiger partial charge in [-0.3, -0.25) is 0 Å². The minimum absolute atomic E-state index is 0.204. The van der Waals surface area contributed by atoms with E-state index in [4.69, 9.17) is 0 Å². The van der Waals surface area contributed by atoms with Gasteiger partial charge in [-0.1, -0.05) is 44.2 Å². The summed E-state index contributed by atoms with van der Waals surface area (Å²) in [6.07, 6.45) is 0. The topological polar surface area (TPSA) is 49.8 Å². The zero-order chi connectivity index (χ0) is 14.5. The Morgan fingerprint density at radius 1 is 0.950 bits per heavy atom. The van der Waals surface area contributed by atoms with Gasteiger partial charge in [0.1, 0.15) is 17.5 Å².